The lowest BCUT2D eigenvalue weighted by molar-refractivity contribution is -0.910. The topological polar surface area (TPSA) is 301 Å². The summed E-state index contributed by atoms with van der Waals surface area (Å²) in [6.07, 6.45) is 39.3. The molecule has 1 fully saturated rings. The van der Waals surface area contributed by atoms with Gasteiger partial charge in [-0.1, -0.05) is 130 Å². The molecule has 1 saturated heterocycles. The molecule has 21 nitrogen and oxygen atoms in total. The van der Waals surface area contributed by atoms with Gasteiger partial charge in [0.15, 0.2) is 22.5 Å². The van der Waals surface area contributed by atoms with E-state index >= 15 is 0 Å². The van der Waals surface area contributed by atoms with E-state index in [1.807, 2.05) is 0 Å². The first-order chi connectivity index (χ1) is 46.5. The second-order valence-corrected chi connectivity index (χ2v) is 38.6. The molecule has 2 aliphatic rings. The number of hydrogen-bond acceptors (Lipinski definition) is 15. The lowest BCUT2D eigenvalue weighted by Crippen LogP contribution is -2.46. The first kappa shape index (κ1) is 113. The van der Waals surface area contributed by atoms with Crippen molar-refractivity contribution >= 4 is 87.4 Å². The predicted molar refractivity (Wildman–Crippen MR) is 355 cm³/mol. The van der Waals surface area contributed by atoms with Gasteiger partial charge in [0.25, 0.3) is 0 Å². The van der Waals surface area contributed by atoms with Gasteiger partial charge >= 0.3 is 98.7 Å². The predicted octanol–water partition coefficient (Wildman–Crippen LogP) is 14.3. The van der Waals surface area contributed by atoms with Crippen LogP contribution in [0.3, 0.4) is 0 Å². The molecule has 0 aromatic rings. The summed E-state index contributed by atoms with van der Waals surface area (Å²) in [4.78, 5) is 0. The lowest BCUT2D eigenvalue weighted by Gasteiger charge is -2.35. The van der Waals surface area contributed by atoms with Crippen LogP contribution in [0.15, 0.2) is 12.3 Å². The second-order valence-electron chi connectivity index (χ2n) is 23.5. The van der Waals surface area contributed by atoms with E-state index < -0.39 is 121 Å². The molecule has 50 heteroatoms. The summed E-state index contributed by atoms with van der Waals surface area (Å²) in [5.41, 5.74) is -42.5. The molecule has 0 aliphatic carbocycles. The highest BCUT2D eigenvalue weighted by Gasteiger charge is 2.58. The number of allylic oxidation sites excluding steroid dienone is 1. The van der Waals surface area contributed by atoms with Crippen LogP contribution in [0, 0.1) is 5.92 Å². The standard InChI is InChI=1S/C25H54N.C9H20N.C7H12N.C6H15S.3C2HF6NO4S2.CHF3O3S/c1-5-8-11-14-17-20-23-26(4,24-21-18-15-12-9-6-2)25-22-19-16-13-10-7-3;1-3-4-7-10(2)8-5-6-9-10;1-3-7-4-5-8(2)6-7;1-4-7(5-2)6-3;3*3-1(4,5)14(10,11)9-15(12,13)2(6,7)8;2-1(3,4)8(5,6)7/h5-25H2,1-4H3;3-9H2,1-2H3;4-7H,3H2,1-2H3;4-6H2,1-3H3;3*9H;(H,5,6,7)/q4*+1;;;;/p-1. The third kappa shape index (κ3) is 52.0. The van der Waals surface area contributed by atoms with Crippen molar-refractivity contribution in [1.29, 1.82) is 0 Å². The molecule has 1 atom stereocenters. The van der Waals surface area contributed by atoms with E-state index in [0.29, 0.717) is 5.92 Å². The van der Waals surface area contributed by atoms with Crippen LogP contribution in [0.1, 0.15) is 203 Å². The fourth-order valence-corrected chi connectivity index (χ4v) is 15.2. The Morgan fingerprint density at radius 1 is 0.404 bits per heavy atom. The summed E-state index contributed by atoms with van der Waals surface area (Å²) in [5, 5.41) is 0. The van der Waals surface area contributed by atoms with E-state index in [1.54, 1.807) is 0 Å². The molecular weight excluding hydrogens is 1630 g/mol. The number of likely N-dealkylation sites (tertiary alicyclic amines) is 1. The molecule has 632 valence electrons. The molecule has 0 radical (unpaired) electrons. The van der Waals surface area contributed by atoms with Crippen molar-refractivity contribution < 1.29 is 169 Å². The average Bonchev–Trinajstić information content (AvgIpc) is 0.928. The Labute approximate surface area is 603 Å². The van der Waals surface area contributed by atoms with Crippen LogP contribution in [-0.4, -0.2) is 199 Å². The number of hydrogen-bond donors (Lipinski definition) is 3. The summed E-state index contributed by atoms with van der Waals surface area (Å²) in [7, 11) is -37.9. The number of quaternary nitrogens is 2. The third-order valence-electron chi connectivity index (χ3n) is 14.3. The summed E-state index contributed by atoms with van der Waals surface area (Å²) in [5.74, 6) is 4.84. The SMILES string of the molecule is CCC1C=C[N+](C)=C1.CCCCCCCC[N+](C)(CCCCCCCC)CCCCCCCC.CCCC[N+]1(C)CCCC1.CC[S+](CC)CC.O=S(=O)(NS(=O)(=O)C(F)(F)F)C(F)(F)F.O=S(=O)(NS(=O)(=O)C(F)(F)F)C(F)(F)F.O=S(=O)(NS(=O)(=O)C(F)(F)F)C(F)(F)F.O=S(=O)([O-])C(F)(F)F. The van der Waals surface area contributed by atoms with Crippen molar-refractivity contribution in [3.63, 3.8) is 0 Å². The molecule has 3 N–H and O–H groups in total. The molecule has 104 heavy (non-hydrogen) atoms. The average molecular weight is 1730 g/mol. The quantitative estimate of drug-likeness (QED) is 0.0103. The van der Waals surface area contributed by atoms with Crippen LogP contribution < -0.4 is 12.4 Å². The van der Waals surface area contributed by atoms with Gasteiger partial charge in [-0.05, 0) is 89.1 Å². The Bertz CT molecular complexity index is 2840. The Kier molecular flexibility index (Phi) is 54.7. The summed E-state index contributed by atoms with van der Waals surface area (Å²) >= 11 is 0. The van der Waals surface area contributed by atoms with Gasteiger partial charge in [0, 0.05) is 12.8 Å². The molecular formula is C54H104F21N6O15S8+3. The van der Waals surface area contributed by atoms with Crippen LogP contribution in [0.5, 0.6) is 0 Å². The fraction of sp³-hybridized carbons (Fsp3) is 0.944. The van der Waals surface area contributed by atoms with Crippen molar-refractivity contribution in [2.24, 2.45) is 5.92 Å². The number of nitrogens with one attached hydrogen (secondary N) is 3. The van der Waals surface area contributed by atoms with Crippen LogP contribution in [0.4, 0.5) is 92.2 Å². The molecule has 0 spiro atoms. The number of sulfonamides is 6. The largest absolute Gasteiger partial charge is 0.741 e. The maximum absolute atomic E-state index is 11.5. The zero-order valence-corrected chi connectivity index (χ0v) is 66.1. The van der Waals surface area contributed by atoms with Gasteiger partial charge < -0.3 is 13.5 Å². The zero-order chi connectivity index (χ0) is 83.6. The molecule has 0 amide bonds. The lowest BCUT2D eigenvalue weighted by atomic mass is 10.1. The van der Waals surface area contributed by atoms with E-state index in [2.05, 4.69) is 99.6 Å². The number of rotatable bonds is 34. The van der Waals surface area contributed by atoms with E-state index in [4.69, 9.17) is 13.0 Å². The highest BCUT2D eigenvalue weighted by molar-refractivity contribution is 8.06. The van der Waals surface area contributed by atoms with Crippen LogP contribution in [0.2, 0.25) is 0 Å². The highest BCUT2D eigenvalue weighted by Crippen LogP contribution is 2.31. The van der Waals surface area contributed by atoms with Crippen molar-refractivity contribution in [3.8, 4) is 0 Å². The maximum atomic E-state index is 11.5. The number of unbranched alkanes of at least 4 members (excludes halogenated alkanes) is 16. The van der Waals surface area contributed by atoms with E-state index in [-0.39, 0.29) is 0 Å². The van der Waals surface area contributed by atoms with Crippen molar-refractivity contribution in [1.82, 2.24) is 12.4 Å². The molecule has 2 heterocycles. The van der Waals surface area contributed by atoms with Crippen molar-refractivity contribution in [2.45, 2.75) is 242 Å². The van der Waals surface area contributed by atoms with E-state index in [0.717, 1.165) is 10.9 Å². The Hall–Kier alpha value is -2.30. The third-order valence-corrected chi connectivity index (χ3v) is 26.3. The molecule has 0 aromatic carbocycles. The van der Waals surface area contributed by atoms with Crippen LogP contribution in [-0.2, 0) is 81.2 Å². The minimum Gasteiger partial charge on any atom is -0.741 e. The molecule has 1 unspecified atom stereocenters. The van der Waals surface area contributed by atoms with E-state index in [1.165, 1.54) is 213 Å². The van der Waals surface area contributed by atoms with Crippen LogP contribution in [0.25, 0.3) is 0 Å². The number of alkyl halides is 21. The molecule has 0 bridgehead atoms. The van der Waals surface area contributed by atoms with Crippen molar-refractivity contribution in [3.05, 3.63) is 12.3 Å². The van der Waals surface area contributed by atoms with Gasteiger partial charge in [0.05, 0.1) is 59.3 Å². The van der Waals surface area contributed by atoms with Gasteiger partial charge in [-0.25, -0.2) is 63.5 Å². The molecule has 2 aliphatic heterocycles. The Morgan fingerprint density at radius 2 is 0.625 bits per heavy atom. The second kappa shape index (κ2) is 50.6. The fourth-order valence-electron chi connectivity index (χ4n) is 8.24. The smallest absolute Gasteiger partial charge is 0.512 e. The van der Waals surface area contributed by atoms with Crippen LogP contribution >= 0.6 is 0 Å². The Morgan fingerprint density at radius 3 is 0.779 bits per heavy atom. The van der Waals surface area contributed by atoms with Gasteiger partial charge in [-0.3, -0.25) is 0 Å². The summed E-state index contributed by atoms with van der Waals surface area (Å²) in [6.45, 7) is 26.8. The summed E-state index contributed by atoms with van der Waals surface area (Å²) < 4.78 is 389. The molecule has 0 saturated carbocycles. The number of halogens is 21. The maximum Gasteiger partial charge on any atom is 0.512 e. The monoisotopic (exact) mass is 1730 g/mol. The molecule has 0 aromatic heterocycles. The minimum absolute atomic E-state index is 0.493. The van der Waals surface area contributed by atoms with Gasteiger partial charge in [0.2, 0.25) is 0 Å². The van der Waals surface area contributed by atoms with Gasteiger partial charge in [-0.15, -0.1) is 0 Å². The summed E-state index contributed by atoms with van der Waals surface area (Å²) in [6, 6.07) is 0. The first-order valence-electron chi connectivity index (χ1n) is 32.3. The minimum atomic E-state index is -6.60. The van der Waals surface area contributed by atoms with E-state index in [9.17, 15) is 143 Å². The normalized spacial score (nSPS) is 15.7. The first-order valence-corrected chi connectivity index (χ1v) is 44.3. The Balaban J connectivity index is -0.000000274. The zero-order valence-electron chi connectivity index (χ0n) is 59.6. The highest BCUT2D eigenvalue weighted by atomic mass is 32.3. The number of nitrogens with zero attached hydrogens (tertiary/aromatic N) is 3. The molecule has 2 rings (SSSR count). The van der Waals surface area contributed by atoms with Gasteiger partial charge in [-0.2, -0.15) is 92.2 Å². The van der Waals surface area contributed by atoms with Crippen molar-refractivity contribution in [2.75, 3.05) is 77.7 Å². The van der Waals surface area contributed by atoms with Gasteiger partial charge in [0.1, 0.15) is 24.3 Å².